The van der Waals surface area contributed by atoms with E-state index in [9.17, 15) is 0 Å². The zero-order valence-electron chi connectivity index (χ0n) is 11.1. The van der Waals surface area contributed by atoms with Crippen molar-refractivity contribution in [3.63, 3.8) is 0 Å². The molecule has 0 unspecified atom stereocenters. The van der Waals surface area contributed by atoms with Gasteiger partial charge in [0.15, 0.2) is 11.6 Å². The SMILES string of the molecule is CCOc1cccnc1NCCC1=CCCCC1. The van der Waals surface area contributed by atoms with Crippen molar-refractivity contribution in [2.45, 2.75) is 39.0 Å². The molecule has 1 N–H and O–H groups in total. The summed E-state index contributed by atoms with van der Waals surface area (Å²) in [7, 11) is 0. The lowest BCUT2D eigenvalue weighted by Crippen LogP contribution is -2.07. The predicted octanol–water partition coefficient (Wildman–Crippen LogP) is 3.78. The van der Waals surface area contributed by atoms with Crippen LogP contribution in [0.5, 0.6) is 5.75 Å². The van der Waals surface area contributed by atoms with Crippen LogP contribution in [-0.4, -0.2) is 18.1 Å². The topological polar surface area (TPSA) is 34.1 Å². The average molecular weight is 246 g/mol. The second kappa shape index (κ2) is 7.04. The number of allylic oxidation sites excluding steroid dienone is 1. The van der Waals surface area contributed by atoms with Crippen molar-refractivity contribution in [2.75, 3.05) is 18.5 Å². The van der Waals surface area contributed by atoms with Crippen LogP contribution in [0, 0.1) is 0 Å². The van der Waals surface area contributed by atoms with E-state index in [0.717, 1.165) is 24.5 Å². The first kappa shape index (κ1) is 12.9. The highest BCUT2D eigenvalue weighted by atomic mass is 16.5. The van der Waals surface area contributed by atoms with Crippen molar-refractivity contribution in [3.8, 4) is 5.75 Å². The number of anilines is 1. The Kier molecular flexibility index (Phi) is 5.06. The first-order valence-corrected chi connectivity index (χ1v) is 6.89. The summed E-state index contributed by atoms with van der Waals surface area (Å²) >= 11 is 0. The largest absolute Gasteiger partial charge is 0.490 e. The molecule has 18 heavy (non-hydrogen) atoms. The summed E-state index contributed by atoms with van der Waals surface area (Å²) < 4.78 is 5.54. The number of hydrogen-bond acceptors (Lipinski definition) is 3. The Morgan fingerprint density at radius 2 is 2.33 bits per heavy atom. The van der Waals surface area contributed by atoms with E-state index >= 15 is 0 Å². The van der Waals surface area contributed by atoms with Gasteiger partial charge in [0.25, 0.3) is 0 Å². The lowest BCUT2D eigenvalue weighted by molar-refractivity contribution is 0.340. The molecule has 3 heteroatoms. The Balaban J connectivity index is 1.84. The van der Waals surface area contributed by atoms with E-state index in [1.807, 2.05) is 19.1 Å². The number of aromatic nitrogens is 1. The second-order valence-electron chi connectivity index (χ2n) is 4.57. The van der Waals surface area contributed by atoms with Crippen LogP contribution in [0.3, 0.4) is 0 Å². The molecule has 0 amide bonds. The first-order valence-electron chi connectivity index (χ1n) is 6.89. The minimum Gasteiger partial charge on any atom is -0.490 e. The first-order chi connectivity index (χ1) is 8.90. The molecule has 0 atom stereocenters. The van der Waals surface area contributed by atoms with Crippen molar-refractivity contribution in [1.82, 2.24) is 4.98 Å². The molecule has 1 heterocycles. The molecule has 98 valence electrons. The summed E-state index contributed by atoms with van der Waals surface area (Å²) in [6.45, 7) is 3.60. The van der Waals surface area contributed by atoms with Crippen LogP contribution >= 0.6 is 0 Å². The highest BCUT2D eigenvalue weighted by molar-refractivity contribution is 5.49. The molecular formula is C15H22N2O. The van der Waals surface area contributed by atoms with Gasteiger partial charge in [0, 0.05) is 12.7 Å². The molecule has 0 saturated heterocycles. The van der Waals surface area contributed by atoms with Gasteiger partial charge < -0.3 is 10.1 Å². The number of rotatable bonds is 6. The minimum atomic E-state index is 0.672. The minimum absolute atomic E-state index is 0.672. The van der Waals surface area contributed by atoms with Crippen molar-refractivity contribution < 1.29 is 4.74 Å². The van der Waals surface area contributed by atoms with E-state index in [4.69, 9.17) is 4.74 Å². The van der Waals surface area contributed by atoms with E-state index in [2.05, 4.69) is 16.4 Å². The monoisotopic (exact) mass is 246 g/mol. The van der Waals surface area contributed by atoms with Gasteiger partial charge in [0.05, 0.1) is 6.61 Å². The molecule has 3 nitrogen and oxygen atoms in total. The van der Waals surface area contributed by atoms with Crippen molar-refractivity contribution >= 4 is 5.82 Å². The van der Waals surface area contributed by atoms with Crippen LogP contribution in [0.2, 0.25) is 0 Å². The third kappa shape index (κ3) is 3.76. The van der Waals surface area contributed by atoms with Crippen molar-refractivity contribution in [3.05, 3.63) is 30.0 Å². The summed E-state index contributed by atoms with van der Waals surface area (Å²) in [6, 6.07) is 3.86. The molecule has 1 aromatic rings. The molecule has 0 aliphatic heterocycles. The smallest absolute Gasteiger partial charge is 0.168 e. The summed E-state index contributed by atoms with van der Waals surface area (Å²) in [6.07, 6.45) is 10.5. The maximum absolute atomic E-state index is 5.54. The zero-order valence-corrected chi connectivity index (χ0v) is 11.1. The molecule has 0 aromatic carbocycles. The van der Waals surface area contributed by atoms with Crippen LogP contribution < -0.4 is 10.1 Å². The Morgan fingerprint density at radius 1 is 1.39 bits per heavy atom. The maximum Gasteiger partial charge on any atom is 0.168 e. The number of nitrogens with zero attached hydrogens (tertiary/aromatic N) is 1. The van der Waals surface area contributed by atoms with Crippen LogP contribution in [-0.2, 0) is 0 Å². The van der Waals surface area contributed by atoms with Crippen LogP contribution in [0.1, 0.15) is 39.0 Å². The van der Waals surface area contributed by atoms with Gasteiger partial charge in [-0.15, -0.1) is 0 Å². The van der Waals surface area contributed by atoms with Crippen LogP contribution in [0.25, 0.3) is 0 Å². The number of ether oxygens (including phenoxy) is 1. The summed E-state index contributed by atoms with van der Waals surface area (Å²) in [5.41, 5.74) is 1.59. The standard InChI is InChI=1S/C15H22N2O/c1-2-18-14-9-6-11-16-15(14)17-12-10-13-7-4-3-5-8-13/h6-7,9,11H,2-5,8,10,12H2,1H3,(H,16,17). The van der Waals surface area contributed by atoms with Gasteiger partial charge in [-0.1, -0.05) is 11.6 Å². The van der Waals surface area contributed by atoms with E-state index in [1.54, 1.807) is 11.8 Å². The second-order valence-corrected chi connectivity index (χ2v) is 4.57. The quantitative estimate of drug-likeness (QED) is 0.776. The molecule has 0 fully saturated rings. The fourth-order valence-electron chi connectivity index (χ4n) is 2.27. The number of hydrogen-bond donors (Lipinski definition) is 1. The number of nitrogens with one attached hydrogen (secondary N) is 1. The molecule has 0 saturated carbocycles. The molecule has 2 rings (SSSR count). The lowest BCUT2D eigenvalue weighted by atomic mass is 9.97. The predicted molar refractivity (Wildman–Crippen MR) is 75.1 cm³/mol. The average Bonchev–Trinajstić information content (AvgIpc) is 2.42. The third-order valence-electron chi connectivity index (χ3n) is 3.19. The maximum atomic E-state index is 5.54. The van der Waals surface area contributed by atoms with Gasteiger partial charge in [-0.3, -0.25) is 0 Å². The lowest BCUT2D eigenvalue weighted by Gasteiger charge is -2.14. The van der Waals surface area contributed by atoms with Crippen LogP contribution in [0.4, 0.5) is 5.82 Å². The van der Waals surface area contributed by atoms with E-state index in [-0.39, 0.29) is 0 Å². The van der Waals surface area contributed by atoms with Gasteiger partial charge in [0.1, 0.15) is 0 Å². The molecule has 1 aliphatic carbocycles. The Labute approximate surface area is 109 Å². The highest BCUT2D eigenvalue weighted by Gasteiger charge is 2.05. The third-order valence-corrected chi connectivity index (χ3v) is 3.19. The van der Waals surface area contributed by atoms with Gasteiger partial charge >= 0.3 is 0 Å². The van der Waals surface area contributed by atoms with E-state index in [0.29, 0.717) is 6.61 Å². The fourth-order valence-corrected chi connectivity index (χ4v) is 2.27. The Morgan fingerprint density at radius 3 is 3.11 bits per heavy atom. The van der Waals surface area contributed by atoms with Gasteiger partial charge in [-0.25, -0.2) is 4.98 Å². The van der Waals surface area contributed by atoms with E-state index in [1.165, 1.54) is 25.7 Å². The molecular weight excluding hydrogens is 224 g/mol. The fraction of sp³-hybridized carbons (Fsp3) is 0.533. The number of pyridine rings is 1. The summed E-state index contributed by atoms with van der Waals surface area (Å²) in [5, 5.41) is 3.37. The van der Waals surface area contributed by atoms with E-state index < -0.39 is 0 Å². The summed E-state index contributed by atoms with van der Waals surface area (Å²) in [5.74, 6) is 1.70. The van der Waals surface area contributed by atoms with Gasteiger partial charge in [0.2, 0.25) is 0 Å². The molecule has 1 aromatic heterocycles. The van der Waals surface area contributed by atoms with Gasteiger partial charge in [-0.05, 0) is 51.2 Å². The summed E-state index contributed by atoms with van der Waals surface area (Å²) in [4.78, 5) is 4.32. The molecule has 0 radical (unpaired) electrons. The Hall–Kier alpha value is -1.51. The van der Waals surface area contributed by atoms with Crippen molar-refractivity contribution in [2.24, 2.45) is 0 Å². The highest BCUT2D eigenvalue weighted by Crippen LogP contribution is 2.23. The molecule has 0 spiro atoms. The van der Waals surface area contributed by atoms with Crippen molar-refractivity contribution in [1.29, 1.82) is 0 Å². The normalized spacial score (nSPS) is 15.1. The molecule has 0 bridgehead atoms. The Bertz CT molecular complexity index is 401. The zero-order chi connectivity index (χ0) is 12.6. The van der Waals surface area contributed by atoms with Crippen LogP contribution in [0.15, 0.2) is 30.0 Å². The molecule has 1 aliphatic rings. The van der Waals surface area contributed by atoms with Gasteiger partial charge in [-0.2, -0.15) is 0 Å².